The van der Waals surface area contributed by atoms with Gasteiger partial charge in [-0.1, -0.05) is 27.5 Å². The lowest BCUT2D eigenvalue weighted by molar-refractivity contribution is -0.149. The number of piperazine rings is 1. The number of carbonyl (C=O) groups excluding carboxylic acids is 2. The van der Waals surface area contributed by atoms with Gasteiger partial charge >= 0.3 is 5.97 Å². The van der Waals surface area contributed by atoms with E-state index in [0.717, 1.165) is 4.47 Å². The number of nitrogens with zero attached hydrogens (tertiary/aromatic N) is 1. The van der Waals surface area contributed by atoms with Crippen molar-refractivity contribution in [1.29, 1.82) is 0 Å². The molecule has 21 heavy (non-hydrogen) atoms. The summed E-state index contributed by atoms with van der Waals surface area (Å²) in [5, 5.41) is 3.57. The number of rotatable bonds is 3. The highest BCUT2D eigenvalue weighted by molar-refractivity contribution is 9.10. The van der Waals surface area contributed by atoms with Gasteiger partial charge in [0.15, 0.2) is 0 Å². The molecule has 0 saturated carbocycles. The number of benzene rings is 1. The second-order valence-electron chi connectivity index (χ2n) is 4.63. The van der Waals surface area contributed by atoms with E-state index in [9.17, 15) is 9.59 Å². The molecule has 1 saturated heterocycles. The van der Waals surface area contributed by atoms with Crippen LogP contribution in [0.1, 0.15) is 17.3 Å². The molecule has 0 spiro atoms. The highest BCUT2D eigenvalue weighted by Crippen LogP contribution is 2.22. The summed E-state index contributed by atoms with van der Waals surface area (Å²) in [6.45, 7) is 3.52. The number of nitrogens with one attached hydrogen (secondary N) is 1. The molecule has 5 nitrogen and oxygen atoms in total. The first-order chi connectivity index (χ1) is 10.0. The Morgan fingerprint density at radius 1 is 1.48 bits per heavy atom. The van der Waals surface area contributed by atoms with Crippen LogP contribution >= 0.6 is 27.5 Å². The molecule has 1 aromatic rings. The Morgan fingerprint density at radius 2 is 2.24 bits per heavy atom. The van der Waals surface area contributed by atoms with Crippen molar-refractivity contribution in [3.05, 3.63) is 33.3 Å². The van der Waals surface area contributed by atoms with Gasteiger partial charge in [-0.15, -0.1) is 0 Å². The van der Waals surface area contributed by atoms with Gasteiger partial charge in [-0.25, -0.2) is 4.79 Å². The van der Waals surface area contributed by atoms with E-state index in [4.69, 9.17) is 16.3 Å². The SMILES string of the molecule is CCOC(=O)C1CNCCN1C(=O)c1cc(Cl)cc(Br)c1. The summed E-state index contributed by atoms with van der Waals surface area (Å²) in [5.74, 6) is -0.614. The fourth-order valence-electron chi connectivity index (χ4n) is 2.24. The lowest BCUT2D eigenvalue weighted by Crippen LogP contribution is -2.57. The minimum atomic E-state index is -0.607. The van der Waals surface area contributed by atoms with Crippen molar-refractivity contribution in [2.45, 2.75) is 13.0 Å². The van der Waals surface area contributed by atoms with E-state index >= 15 is 0 Å². The third-order valence-electron chi connectivity index (χ3n) is 3.17. The van der Waals surface area contributed by atoms with E-state index in [1.54, 1.807) is 25.1 Å². The van der Waals surface area contributed by atoms with Gasteiger partial charge < -0.3 is 15.0 Å². The minimum Gasteiger partial charge on any atom is -0.464 e. The fourth-order valence-corrected chi connectivity index (χ4v) is 3.10. The standard InChI is InChI=1S/C14H16BrClN2O3/c1-2-21-14(20)12-8-17-3-4-18(12)13(19)9-5-10(15)7-11(16)6-9/h5-7,12,17H,2-4,8H2,1H3. The molecule has 1 amide bonds. The lowest BCUT2D eigenvalue weighted by Gasteiger charge is -2.34. The molecule has 0 aliphatic carbocycles. The third-order valence-corrected chi connectivity index (χ3v) is 3.85. The quantitative estimate of drug-likeness (QED) is 0.822. The first-order valence-electron chi connectivity index (χ1n) is 6.67. The maximum atomic E-state index is 12.6. The average Bonchev–Trinajstić information content (AvgIpc) is 2.45. The largest absolute Gasteiger partial charge is 0.464 e. The van der Waals surface area contributed by atoms with Crippen LogP contribution in [0, 0.1) is 0 Å². The van der Waals surface area contributed by atoms with E-state index in [1.165, 1.54) is 4.90 Å². The van der Waals surface area contributed by atoms with Crippen molar-refractivity contribution in [1.82, 2.24) is 10.2 Å². The van der Waals surface area contributed by atoms with Crippen LogP contribution in [0.5, 0.6) is 0 Å². The molecule has 1 aromatic carbocycles. The Morgan fingerprint density at radius 3 is 2.90 bits per heavy atom. The molecule has 1 atom stereocenters. The van der Waals surface area contributed by atoms with Crippen LogP contribution < -0.4 is 5.32 Å². The molecule has 2 rings (SSSR count). The van der Waals surface area contributed by atoms with Crippen LogP contribution in [0.3, 0.4) is 0 Å². The zero-order chi connectivity index (χ0) is 15.4. The van der Waals surface area contributed by atoms with Crippen LogP contribution in [-0.4, -0.2) is 49.1 Å². The van der Waals surface area contributed by atoms with E-state index in [0.29, 0.717) is 36.8 Å². The van der Waals surface area contributed by atoms with Crippen molar-refractivity contribution in [3.63, 3.8) is 0 Å². The number of hydrogen-bond acceptors (Lipinski definition) is 4. The molecular formula is C14H16BrClN2O3. The first kappa shape index (κ1) is 16.3. The number of hydrogen-bond donors (Lipinski definition) is 1. The molecule has 7 heteroatoms. The van der Waals surface area contributed by atoms with Crippen LogP contribution in [0.2, 0.25) is 5.02 Å². The van der Waals surface area contributed by atoms with Crippen molar-refractivity contribution in [2.75, 3.05) is 26.2 Å². The van der Waals surface area contributed by atoms with Crippen molar-refractivity contribution < 1.29 is 14.3 Å². The fraction of sp³-hybridized carbons (Fsp3) is 0.429. The molecule has 1 heterocycles. The van der Waals surface area contributed by atoms with Crippen LogP contribution in [0.4, 0.5) is 0 Å². The maximum Gasteiger partial charge on any atom is 0.330 e. The number of amides is 1. The Hall–Kier alpha value is -1.11. The van der Waals surface area contributed by atoms with E-state index in [1.807, 2.05) is 0 Å². The van der Waals surface area contributed by atoms with Crippen molar-refractivity contribution in [3.8, 4) is 0 Å². The molecule has 0 bridgehead atoms. The Balaban J connectivity index is 2.24. The maximum absolute atomic E-state index is 12.6. The molecule has 1 aliphatic rings. The van der Waals surface area contributed by atoms with Gasteiger partial charge in [0.1, 0.15) is 6.04 Å². The molecular weight excluding hydrogens is 360 g/mol. The first-order valence-corrected chi connectivity index (χ1v) is 7.84. The van der Waals surface area contributed by atoms with Crippen LogP contribution in [0.25, 0.3) is 0 Å². The van der Waals surface area contributed by atoms with Gasteiger partial charge in [0.25, 0.3) is 5.91 Å². The molecule has 1 aliphatic heterocycles. The number of carbonyl (C=O) groups is 2. The lowest BCUT2D eigenvalue weighted by atomic mass is 10.1. The van der Waals surface area contributed by atoms with E-state index < -0.39 is 6.04 Å². The van der Waals surface area contributed by atoms with Gasteiger partial charge in [-0.2, -0.15) is 0 Å². The second-order valence-corrected chi connectivity index (χ2v) is 5.98. The van der Waals surface area contributed by atoms with Crippen LogP contribution in [-0.2, 0) is 9.53 Å². The highest BCUT2D eigenvalue weighted by Gasteiger charge is 2.33. The summed E-state index contributed by atoms with van der Waals surface area (Å²) in [6, 6.07) is 4.39. The number of esters is 1. The summed E-state index contributed by atoms with van der Waals surface area (Å²) in [7, 11) is 0. The third kappa shape index (κ3) is 3.96. The zero-order valence-electron chi connectivity index (χ0n) is 11.6. The van der Waals surface area contributed by atoms with Gasteiger partial charge in [0.2, 0.25) is 0 Å². The summed E-state index contributed by atoms with van der Waals surface area (Å²) >= 11 is 9.29. The van der Waals surface area contributed by atoms with Gasteiger partial charge in [-0.3, -0.25) is 4.79 Å². The predicted octanol–water partition coefficient (Wildman–Crippen LogP) is 2.08. The monoisotopic (exact) mass is 374 g/mol. The summed E-state index contributed by atoms with van der Waals surface area (Å²) in [6.07, 6.45) is 0. The van der Waals surface area contributed by atoms with E-state index in [-0.39, 0.29) is 11.9 Å². The topological polar surface area (TPSA) is 58.6 Å². The molecule has 1 N–H and O–H groups in total. The second kappa shape index (κ2) is 7.24. The average molecular weight is 376 g/mol. The van der Waals surface area contributed by atoms with Gasteiger partial charge in [0, 0.05) is 34.7 Å². The van der Waals surface area contributed by atoms with Crippen molar-refractivity contribution >= 4 is 39.4 Å². The van der Waals surface area contributed by atoms with Crippen LogP contribution in [0.15, 0.2) is 22.7 Å². The Bertz CT molecular complexity index is 533. The van der Waals surface area contributed by atoms with Gasteiger partial charge in [0.05, 0.1) is 6.61 Å². The smallest absolute Gasteiger partial charge is 0.330 e. The minimum absolute atomic E-state index is 0.224. The Labute approximate surface area is 136 Å². The molecule has 114 valence electrons. The summed E-state index contributed by atoms with van der Waals surface area (Å²) in [5.41, 5.74) is 0.450. The predicted molar refractivity (Wildman–Crippen MR) is 83.5 cm³/mol. The summed E-state index contributed by atoms with van der Waals surface area (Å²) in [4.78, 5) is 26.2. The molecule has 0 aromatic heterocycles. The van der Waals surface area contributed by atoms with E-state index in [2.05, 4.69) is 21.2 Å². The number of ether oxygens (including phenoxy) is 1. The molecule has 1 fully saturated rings. The normalized spacial score (nSPS) is 18.4. The molecule has 0 radical (unpaired) electrons. The zero-order valence-corrected chi connectivity index (χ0v) is 13.9. The Kier molecular flexibility index (Phi) is 5.61. The van der Waals surface area contributed by atoms with Crippen molar-refractivity contribution in [2.24, 2.45) is 0 Å². The highest BCUT2D eigenvalue weighted by atomic mass is 79.9. The summed E-state index contributed by atoms with van der Waals surface area (Å²) < 4.78 is 5.76. The van der Waals surface area contributed by atoms with Gasteiger partial charge in [-0.05, 0) is 25.1 Å². The number of halogens is 2. The molecule has 1 unspecified atom stereocenters.